The van der Waals surface area contributed by atoms with Gasteiger partial charge in [-0.15, -0.1) is 0 Å². The minimum atomic E-state index is -4.17. The highest BCUT2D eigenvalue weighted by Gasteiger charge is 2.22. The number of hydrogen-bond donors (Lipinski definition) is 2. The van der Waals surface area contributed by atoms with Crippen LogP contribution in [0, 0.1) is 10.1 Å². The minimum absolute atomic E-state index is 0.159. The summed E-state index contributed by atoms with van der Waals surface area (Å²) >= 11 is 0. The number of nitro groups is 1. The molecule has 0 saturated heterocycles. The maximum Gasteiger partial charge on any atom is 0.312 e. The van der Waals surface area contributed by atoms with E-state index in [4.69, 9.17) is 9.47 Å². The first-order chi connectivity index (χ1) is 16.6. The Hall–Kier alpha value is -4.32. The number of benzene rings is 3. The Bertz CT molecular complexity index is 1390. The topological polar surface area (TPSA) is 148 Å². The molecule has 0 aliphatic carbocycles. The molecule has 0 saturated carbocycles. The van der Waals surface area contributed by atoms with E-state index in [-0.39, 0.29) is 16.5 Å². The summed E-state index contributed by atoms with van der Waals surface area (Å²) in [5, 5.41) is 20.5. The molecule has 0 radical (unpaired) electrons. The highest BCUT2D eigenvalue weighted by atomic mass is 32.2. The Morgan fingerprint density at radius 1 is 1.06 bits per heavy atom. The van der Waals surface area contributed by atoms with E-state index in [0.29, 0.717) is 36.8 Å². The van der Waals surface area contributed by atoms with Crippen molar-refractivity contribution < 1.29 is 32.7 Å². The number of nitrogens with zero attached hydrogens (tertiary/aromatic N) is 2. The van der Waals surface area contributed by atoms with E-state index < -0.39 is 26.4 Å². The molecular weight excluding hydrogens is 478 g/mol. The van der Waals surface area contributed by atoms with Crippen LogP contribution in [0.25, 0.3) is 0 Å². The van der Waals surface area contributed by atoms with Gasteiger partial charge in [-0.2, -0.15) is 0 Å². The van der Waals surface area contributed by atoms with Gasteiger partial charge in [0.15, 0.2) is 17.2 Å². The number of carbonyl (C=O) groups is 1. The summed E-state index contributed by atoms with van der Waals surface area (Å²) in [5.41, 5.74) is 0.632. The van der Waals surface area contributed by atoms with Crippen molar-refractivity contribution in [3.05, 3.63) is 81.9 Å². The molecule has 3 aromatic carbocycles. The number of aromatic hydroxyl groups is 1. The fraction of sp³-hybridized carbons (Fsp3) is 0.174. The second kappa shape index (κ2) is 9.50. The van der Waals surface area contributed by atoms with E-state index in [1.54, 1.807) is 13.1 Å². The van der Waals surface area contributed by atoms with E-state index in [1.165, 1.54) is 29.2 Å². The third-order valence-electron chi connectivity index (χ3n) is 5.21. The molecule has 0 fully saturated rings. The van der Waals surface area contributed by atoms with Crippen molar-refractivity contribution >= 4 is 27.3 Å². The first kappa shape index (κ1) is 23.8. The SMILES string of the molecule is CN(Cc1ccc2c(c1)OCCO2)C(=O)c1ccc(NS(=O)(=O)c2ccc(O)c([N+](=O)[O-])c2)cc1. The van der Waals surface area contributed by atoms with Crippen LogP contribution in [-0.2, 0) is 16.6 Å². The third-order valence-corrected chi connectivity index (χ3v) is 6.59. The number of phenols is 1. The summed E-state index contributed by atoms with van der Waals surface area (Å²) in [7, 11) is -2.52. The molecular formula is C23H21N3O8S. The maximum atomic E-state index is 12.8. The minimum Gasteiger partial charge on any atom is -0.502 e. The van der Waals surface area contributed by atoms with Gasteiger partial charge in [-0.25, -0.2) is 8.42 Å². The smallest absolute Gasteiger partial charge is 0.312 e. The standard InChI is InChI=1S/C23H21N3O8S/c1-25(14-15-2-9-21-22(12-15)34-11-10-33-21)23(28)16-3-5-17(6-4-16)24-35(31,32)18-7-8-20(27)19(13-18)26(29)30/h2-9,12-13,24,27H,10-11,14H2,1H3. The number of carbonyl (C=O) groups excluding carboxylic acids is 1. The Morgan fingerprint density at radius 3 is 2.43 bits per heavy atom. The Morgan fingerprint density at radius 2 is 1.74 bits per heavy atom. The van der Waals surface area contributed by atoms with E-state index >= 15 is 0 Å². The zero-order chi connectivity index (χ0) is 25.2. The summed E-state index contributed by atoms with van der Waals surface area (Å²) in [6, 6.07) is 14.0. The van der Waals surface area contributed by atoms with E-state index in [0.717, 1.165) is 23.8 Å². The van der Waals surface area contributed by atoms with Crippen LogP contribution in [0.1, 0.15) is 15.9 Å². The molecule has 1 aliphatic heterocycles. The number of amides is 1. The van der Waals surface area contributed by atoms with Gasteiger partial charge >= 0.3 is 5.69 Å². The number of anilines is 1. The van der Waals surface area contributed by atoms with Crippen molar-refractivity contribution in [3.63, 3.8) is 0 Å². The number of nitro benzene ring substituents is 1. The number of phenolic OH excluding ortho intramolecular Hbond substituents is 1. The molecule has 0 unspecified atom stereocenters. The van der Waals surface area contributed by atoms with Crippen LogP contribution in [0.15, 0.2) is 65.6 Å². The molecule has 0 spiro atoms. The number of hydrogen-bond acceptors (Lipinski definition) is 8. The molecule has 182 valence electrons. The second-order valence-electron chi connectivity index (χ2n) is 7.73. The third kappa shape index (κ3) is 5.27. The quantitative estimate of drug-likeness (QED) is 0.372. The van der Waals surface area contributed by atoms with Gasteiger partial charge in [0.25, 0.3) is 15.9 Å². The molecule has 0 atom stereocenters. The molecule has 0 bridgehead atoms. The average molecular weight is 500 g/mol. The highest BCUT2D eigenvalue weighted by Crippen LogP contribution is 2.31. The van der Waals surface area contributed by atoms with Gasteiger partial charge in [-0.1, -0.05) is 6.07 Å². The Kier molecular flexibility index (Phi) is 6.47. The predicted molar refractivity (Wildman–Crippen MR) is 125 cm³/mol. The number of nitrogens with one attached hydrogen (secondary N) is 1. The summed E-state index contributed by atoms with van der Waals surface area (Å²) in [4.78, 5) is 24.1. The Labute approximate surface area is 200 Å². The van der Waals surface area contributed by atoms with Crippen LogP contribution >= 0.6 is 0 Å². The molecule has 35 heavy (non-hydrogen) atoms. The van der Waals surface area contributed by atoms with Gasteiger partial charge in [0, 0.05) is 30.9 Å². The summed E-state index contributed by atoms with van der Waals surface area (Å²) < 4.78 is 38.6. The summed E-state index contributed by atoms with van der Waals surface area (Å²) in [6.07, 6.45) is 0. The van der Waals surface area contributed by atoms with Crippen molar-refractivity contribution in [2.45, 2.75) is 11.4 Å². The van der Waals surface area contributed by atoms with Crippen LogP contribution in [-0.4, -0.2) is 49.5 Å². The monoisotopic (exact) mass is 499 g/mol. The van der Waals surface area contributed by atoms with Gasteiger partial charge < -0.3 is 19.5 Å². The van der Waals surface area contributed by atoms with Gasteiger partial charge in [-0.05, 0) is 54.1 Å². The zero-order valence-corrected chi connectivity index (χ0v) is 19.3. The van der Waals surface area contributed by atoms with Crippen LogP contribution < -0.4 is 14.2 Å². The first-order valence-electron chi connectivity index (χ1n) is 10.4. The normalized spacial score (nSPS) is 12.6. The molecule has 0 aromatic heterocycles. The van der Waals surface area contributed by atoms with Gasteiger partial charge in [0.1, 0.15) is 13.2 Å². The van der Waals surface area contributed by atoms with Gasteiger partial charge in [0.05, 0.1) is 9.82 Å². The molecule has 12 heteroatoms. The molecule has 4 rings (SSSR count). The fourth-order valence-electron chi connectivity index (χ4n) is 3.46. The number of ether oxygens (including phenoxy) is 2. The number of fused-ring (bicyclic) bond motifs is 1. The molecule has 2 N–H and O–H groups in total. The summed E-state index contributed by atoms with van der Waals surface area (Å²) in [5.74, 6) is 0.375. The predicted octanol–water partition coefficient (Wildman–Crippen LogP) is 3.14. The fourth-order valence-corrected chi connectivity index (χ4v) is 4.54. The van der Waals surface area contributed by atoms with Crippen molar-refractivity contribution in [1.82, 2.24) is 4.90 Å². The van der Waals surface area contributed by atoms with E-state index in [2.05, 4.69) is 4.72 Å². The number of sulfonamides is 1. The van der Waals surface area contributed by atoms with Crippen molar-refractivity contribution in [2.24, 2.45) is 0 Å². The van der Waals surface area contributed by atoms with Crippen molar-refractivity contribution in [3.8, 4) is 17.2 Å². The second-order valence-corrected chi connectivity index (χ2v) is 9.41. The van der Waals surface area contributed by atoms with Gasteiger partial charge in [-0.3, -0.25) is 19.6 Å². The Balaban J connectivity index is 1.44. The lowest BCUT2D eigenvalue weighted by Gasteiger charge is -2.21. The molecule has 1 heterocycles. The van der Waals surface area contributed by atoms with Gasteiger partial charge in [0.2, 0.25) is 0 Å². The lowest BCUT2D eigenvalue weighted by atomic mass is 10.1. The van der Waals surface area contributed by atoms with E-state index in [1.807, 2.05) is 12.1 Å². The van der Waals surface area contributed by atoms with Crippen LogP contribution in [0.4, 0.5) is 11.4 Å². The van der Waals surface area contributed by atoms with Crippen LogP contribution in [0.2, 0.25) is 0 Å². The molecule has 1 amide bonds. The van der Waals surface area contributed by atoms with E-state index in [9.17, 15) is 28.4 Å². The zero-order valence-electron chi connectivity index (χ0n) is 18.5. The molecule has 11 nitrogen and oxygen atoms in total. The molecule has 1 aliphatic rings. The van der Waals surface area contributed by atoms with Crippen LogP contribution in [0.3, 0.4) is 0 Å². The molecule has 3 aromatic rings. The van der Waals surface area contributed by atoms with Crippen molar-refractivity contribution in [2.75, 3.05) is 25.0 Å². The largest absolute Gasteiger partial charge is 0.502 e. The first-order valence-corrected chi connectivity index (χ1v) is 11.9. The van der Waals surface area contributed by atoms with Crippen LogP contribution in [0.5, 0.6) is 17.2 Å². The average Bonchev–Trinajstić information content (AvgIpc) is 2.83. The summed E-state index contributed by atoms with van der Waals surface area (Å²) in [6.45, 7) is 1.28. The highest BCUT2D eigenvalue weighted by molar-refractivity contribution is 7.92. The lowest BCUT2D eigenvalue weighted by molar-refractivity contribution is -0.386. The lowest BCUT2D eigenvalue weighted by Crippen LogP contribution is -2.26. The number of rotatable bonds is 7. The van der Waals surface area contributed by atoms with Crippen molar-refractivity contribution in [1.29, 1.82) is 0 Å². The maximum absolute atomic E-state index is 12.8.